The largest absolute Gasteiger partial charge is 0.383 e. The van der Waals surface area contributed by atoms with Crippen LogP contribution in [-0.2, 0) is 6.54 Å². The summed E-state index contributed by atoms with van der Waals surface area (Å²) in [5.41, 5.74) is 8.44. The summed E-state index contributed by atoms with van der Waals surface area (Å²) in [6.07, 6.45) is 3.45. The normalized spacial score (nSPS) is 16.0. The van der Waals surface area contributed by atoms with E-state index in [9.17, 15) is 13.6 Å². The van der Waals surface area contributed by atoms with E-state index in [4.69, 9.17) is 10.8 Å². The van der Waals surface area contributed by atoms with Gasteiger partial charge in [0, 0.05) is 18.7 Å². The van der Waals surface area contributed by atoms with E-state index in [1.807, 2.05) is 28.9 Å². The van der Waals surface area contributed by atoms with Crippen molar-refractivity contribution in [3.63, 3.8) is 0 Å². The second kappa shape index (κ2) is 9.14. The van der Waals surface area contributed by atoms with Gasteiger partial charge in [-0.2, -0.15) is 5.10 Å². The number of nitrogens with two attached hydrogens (primary N) is 1. The summed E-state index contributed by atoms with van der Waals surface area (Å²) in [5, 5.41) is 11.5. The van der Waals surface area contributed by atoms with Gasteiger partial charge in [0.1, 0.15) is 35.0 Å². The summed E-state index contributed by atoms with van der Waals surface area (Å²) < 4.78 is 29.7. The Morgan fingerprint density at radius 2 is 1.97 bits per heavy atom. The molecule has 34 heavy (non-hydrogen) atoms. The molecule has 4 N–H and O–H groups in total. The lowest BCUT2D eigenvalue weighted by Gasteiger charge is -2.23. The number of nitrogens with zero attached hydrogens (tertiary/aromatic N) is 4. The lowest BCUT2D eigenvalue weighted by Crippen LogP contribution is -2.32. The summed E-state index contributed by atoms with van der Waals surface area (Å²) >= 11 is 0. The van der Waals surface area contributed by atoms with E-state index in [1.54, 1.807) is 0 Å². The molecule has 2 aromatic heterocycles. The Bertz CT molecular complexity index is 1340. The molecule has 10 heteroatoms. The van der Waals surface area contributed by atoms with Crippen molar-refractivity contribution in [3.05, 3.63) is 71.6 Å². The number of nitrogen functional groups attached to an aromatic ring is 1. The Balaban J connectivity index is 1.45. The standard InChI is InChI=1S/C24H23F2N7O/c25-17-7-2-8-18(26)19(17)24(34)29-11-14-4-1-5-15(10-14)21-20-22(27)30-13-31-23(20)33(32-21)16-6-3-9-28-12-16/h1-2,4-5,7-8,10,13,16,28H,3,6,9,11-12H2,(H,29,34)(H2,27,30,31)/t16-/m1/s1. The molecular weight excluding hydrogens is 440 g/mol. The minimum Gasteiger partial charge on any atom is -0.383 e. The van der Waals surface area contributed by atoms with Gasteiger partial charge in [0.2, 0.25) is 0 Å². The van der Waals surface area contributed by atoms with Gasteiger partial charge in [-0.1, -0.05) is 24.3 Å². The van der Waals surface area contributed by atoms with Crippen molar-refractivity contribution in [2.24, 2.45) is 0 Å². The predicted molar refractivity (Wildman–Crippen MR) is 124 cm³/mol. The van der Waals surface area contributed by atoms with Crippen molar-refractivity contribution in [2.45, 2.75) is 25.4 Å². The molecule has 1 aliphatic rings. The highest BCUT2D eigenvalue weighted by molar-refractivity contribution is 5.98. The second-order valence-electron chi connectivity index (χ2n) is 8.23. The molecule has 2 aromatic carbocycles. The Hall–Kier alpha value is -3.92. The van der Waals surface area contributed by atoms with Gasteiger partial charge in [-0.3, -0.25) is 4.79 Å². The molecule has 3 heterocycles. The second-order valence-corrected chi connectivity index (χ2v) is 8.23. The van der Waals surface area contributed by atoms with Crippen LogP contribution in [0.5, 0.6) is 0 Å². The van der Waals surface area contributed by atoms with Crippen LogP contribution in [0.4, 0.5) is 14.6 Å². The average Bonchev–Trinajstić information content (AvgIpc) is 3.24. The Labute approximate surface area is 194 Å². The Morgan fingerprint density at radius 1 is 1.18 bits per heavy atom. The van der Waals surface area contributed by atoms with Gasteiger partial charge in [0.25, 0.3) is 5.91 Å². The first-order chi connectivity index (χ1) is 16.5. The third-order valence-corrected chi connectivity index (χ3v) is 5.98. The first-order valence-electron chi connectivity index (χ1n) is 11.0. The summed E-state index contributed by atoms with van der Waals surface area (Å²) in [4.78, 5) is 21.0. The summed E-state index contributed by atoms with van der Waals surface area (Å²) in [6.45, 7) is 1.85. The molecule has 0 spiro atoms. The van der Waals surface area contributed by atoms with Gasteiger partial charge in [-0.15, -0.1) is 0 Å². The van der Waals surface area contributed by atoms with Crippen LogP contribution in [-0.4, -0.2) is 38.7 Å². The first-order valence-corrected chi connectivity index (χ1v) is 11.0. The topological polar surface area (TPSA) is 111 Å². The molecule has 0 radical (unpaired) electrons. The summed E-state index contributed by atoms with van der Waals surface area (Å²) in [5.74, 6) is -2.30. The van der Waals surface area contributed by atoms with E-state index in [2.05, 4.69) is 20.6 Å². The minimum atomic E-state index is -0.907. The van der Waals surface area contributed by atoms with Crippen molar-refractivity contribution < 1.29 is 13.6 Å². The number of carbonyl (C=O) groups excluding carboxylic acids is 1. The van der Waals surface area contributed by atoms with Crippen molar-refractivity contribution in [1.82, 2.24) is 30.4 Å². The number of nitrogens with one attached hydrogen (secondary N) is 2. The molecule has 0 bridgehead atoms. The lowest BCUT2D eigenvalue weighted by atomic mass is 10.1. The van der Waals surface area contributed by atoms with E-state index in [-0.39, 0.29) is 12.6 Å². The van der Waals surface area contributed by atoms with E-state index < -0.39 is 23.1 Å². The Kier molecular flexibility index (Phi) is 5.89. The monoisotopic (exact) mass is 463 g/mol. The quantitative estimate of drug-likeness (QED) is 0.419. The predicted octanol–water partition coefficient (Wildman–Crippen LogP) is 3.21. The Morgan fingerprint density at radius 3 is 2.74 bits per heavy atom. The highest BCUT2D eigenvalue weighted by Crippen LogP contribution is 2.33. The molecule has 4 aromatic rings. The number of amides is 1. The number of rotatable bonds is 5. The van der Waals surface area contributed by atoms with E-state index in [1.165, 1.54) is 12.4 Å². The van der Waals surface area contributed by atoms with Crippen LogP contribution in [0.1, 0.15) is 34.8 Å². The highest BCUT2D eigenvalue weighted by atomic mass is 19.1. The number of halogens is 2. The number of anilines is 1. The van der Waals surface area contributed by atoms with Gasteiger partial charge in [-0.25, -0.2) is 23.4 Å². The van der Waals surface area contributed by atoms with Crippen LogP contribution in [0.2, 0.25) is 0 Å². The van der Waals surface area contributed by atoms with E-state index in [0.717, 1.165) is 49.2 Å². The van der Waals surface area contributed by atoms with Crippen LogP contribution in [0, 0.1) is 11.6 Å². The van der Waals surface area contributed by atoms with Gasteiger partial charge in [0.05, 0.1) is 11.4 Å². The maximum atomic E-state index is 13.9. The van der Waals surface area contributed by atoms with Crippen LogP contribution >= 0.6 is 0 Å². The zero-order valence-corrected chi connectivity index (χ0v) is 18.3. The number of hydrogen-bond acceptors (Lipinski definition) is 6. The van der Waals surface area contributed by atoms with Crippen molar-refractivity contribution in [3.8, 4) is 11.3 Å². The minimum absolute atomic E-state index is 0.0810. The average molecular weight is 463 g/mol. The molecule has 1 fully saturated rings. The van der Waals surface area contributed by atoms with Crippen LogP contribution in [0.25, 0.3) is 22.3 Å². The van der Waals surface area contributed by atoms with E-state index in [0.29, 0.717) is 22.5 Å². The molecule has 8 nitrogen and oxygen atoms in total. The zero-order valence-electron chi connectivity index (χ0n) is 18.3. The molecule has 1 aliphatic heterocycles. The molecule has 1 saturated heterocycles. The molecule has 1 atom stereocenters. The molecule has 1 amide bonds. The summed E-state index contributed by atoms with van der Waals surface area (Å²) in [6, 6.07) is 10.8. The lowest BCUT2D eigenvalue weighted by molar-refractivity contribution is 0.0942. The number of fused-ring (bicyclic) bond motifs is 1. The van der Waals surface area contributed by atoms with Gasteiger partial charge < -0.3 is 16.4 Å². The fourth-order valence-corrected chi connectivity index (χ4v) is 4.31. The third-order valence-electron chi connectivity index (χ3n) is 5.98. The van der Waals surface area contributed by atoms with Crippen LogP contribution in [0.3, 0.4) is 0 Å². The van der Waals surface area contributed by atoms with Gasteiger partial charge >= 0.3 is 0 Å². The molecule has 5 rings (SSSR count). The zero-order chi connectivity index (χ0) is 23.7. The molecular formula is C24H23F2N7O. The molecule has 0 saturated carbocycles. The maximum Gasteiger partial charge on any atom is 0.257 e. The first kappa shape index (κ1) is 21.9. The number of piperidine rings is 1. The number of hydrogen-bond donors (Lipinski definition) is 3. The highest BCUT2D eigenvalue weighted by Gasteiger charge is 2.24. The van der Waals surface area contributed by atoms with Crippen LogP contribution in [0.15, 0.2) is 48.8 Å². The van der Waals surface area contributed by atoms with Crippen molar-refractivity contribution in [1.29, 1.82) is 0 Å². The smallest absolute Gasteiger partial charge is 0.257 e. The van der Waals surface area contributed by atoms with Gasteiger partial charge in [0.15, 0.2) is 5.65 Å². The fourth-order valence-electron chi connectivity index (χ4n) is 4.31. The van der Waals surface area contributed by atoms with Crippen molar-refractivity contribution in [2.75, 3.05) is 18.8 Å². The summed E-state index contributed by atoms with van der Waals surface area (Å²) in [7, 11) is 0. The molecule has 0 aliphatic carbocycles. The number of benzene rings is 2. The molecule has 174 valence electrons. The maximum absolute atomic E-state index is 13.9. The van der Waals surface area contributed by atoms with Gasteiger partial charge in [-0.05, 0) is 43.1 Å². The third kappa shape index (κ3) is 4.08. The fraction of sp³-hybridized carbons (Fsp3) is 0.250. The van der Waals surface area contributed by atoms with E-state index >= 15 is 0 Å². The number of carbonyl (C=O) groups is 1. The SMILES string of the molecule is Nc1ncnc2c1c(-c1cccc(CNC(=O)c3c(F)cccc3F)c1)nn2[C@@H]1CCCNC1. The number of aromatic nitrogens is 4. The van der Waals surface area contributed by atoms with Crippen molar-refractivity contribution >= 4 is 22.8 Å². The van der Waals surface area contributed by atoms with Crippen LogP contribution < -0.4 is 16.4 Å². The molecule has 0 unspecified atom stereocenters.